The van der Waals surface area contributed by atoms with Gasteiger partial charge in [0.2, 0.25) is 0 Å². The number of hydrogen-bond donors (Lipinski definition) is 1. The lowest BCUT2D eigenvalue weighted by atomic mass is 10.2. The number of unbranched alkanes of at least 4 members (excludes halogenated alkanes) is 1. The van der Waals surface area contributed by atoms with Crippen molar-refractivity contribution in [2.45, 2.75) is 26.7 Å². The minimum Gasteiger partial charge on any atom is -0.492 e. The molecule has 0 fully saturated rings. The summed E-state index contributed by atoms with van der Waals surface area (Å²) in [5, 5.41) is 4.10. The van der Waals surface area contributed by atoms with Crippen LogP contribution < -0.4 is 10.1 Å². The van der Waals surface area contributed by atoms with E-state index in [1.54, 1.807) is 0 Å². The Bertz CT molecular complexity index is 315. The van der Waals surface area contributed by atoms with E-state index in [1.807, 2.05) is 24.3 Å². The highest BCUT2D eigenvalue weighted by Crippen LogP contribution is 2.23. The van der Waals surface area contributed by atoms with Gasteiger partial charge in [0, 0.05) is 0 Å². The first-order chi connectivity index (χ1) is 8.20. The molecule has 0 atom stereocenters. The number of ether oxygens (including phenoxy) is 1. The van der Waals surface area contributed by atoms with E-state index in [0.29, 0.717) is 5.02 Å². The van der Waals surface area contributed by atoms with Crippen LogP contribution in [0.3, 0.4) is 0 Å². The fourth-order valence-electron chi connectivity index (χ4n) is 1.49. The molecular formula is C14H22ClNO. The van der Waals surface area contributed by atoms with Gasteiger partial charge in [-0.25, -0.2) is 0 Å². The first-order valence-corrected chi connectivity index (χ1v) is 6.66. The number of para-hydroxylation sites is 1. The highest BCUT2D eigenvalue weighted by atomic mass is 35.5. The van der Waals surface area contributed by atoms with Crippen LogP contribution in [0.4, 0.5) is 0 Å². The van der Waals surface area contributed by atoms with Gasteiger partial charge < -0.3 is 10.1 Å². The monoisotopic (exact) mass is 255 g/mol. The smallest absolute Gasteiger partial charge is 0.137 e. The van der Waals surface area contributed by atoms with Crippen LogP contribution in [0.2, 0.25) is 5.02 Å². The second-order valence-electron chi connectivity index (χ2n) is 4.58. The Labute approximate surface area is 109 Å². The van der Waals surface area contributed by atoms with Crippen molar-refractivity contribution in [3.05, 3.63) is 29.3 Å². The Morgan fingerprint density at radius 2 is 2.00 bits per heavy atom. The van der Waals surface area contributed by atoms with Crippen LogP contribution in [0.15, 0.2) is 24.3 Å². The van der Waals surface area contributed by atoms with E-state index in [9.17, 15) is 0 Å². The molecule has 0 aromatic heterocycles. The summed E-state index contributed by atoms with van der Waals surface area (Å²) < 4.78 is 5.60. The van der Waals surface area contributed by atoms with Gasteiger partial charge in [-0.2, -0.15) is 0 Å². The second-order valence-corrected chi connectivity index (χ2v) is 4.99. The highest BCUT2D eigenvalue weighted by Gasteiger charge is 1.99. The van der Waals surface area contributed by atoms with Crippen LogP contribution in [-0.4, -0.2) is 19.7 Å². The Balaban J connectivity index is 2.03. The van der Waals surface area contributed by atoms with Crippen molar-refractivity contribution in [2.75, 3.05) is 19.7 Å². The van der Waals surface area contributed by atoms with Crippen molar-refractivity contribution < 1.29 is 4.74 Å². The van der Waals surface area contributed by atoms with E-state index in [1.165, 1.54) is 0 Å². The standard InChI is InChI=1S/C14H22ClNO/c1-12(2)11-16-9-5-6-10-17-14-8-4-3-7-13(14)15/h3-4,7-8,12,16H,5-6,9-11H2,1-2H3. The average molecular weight is 256 g/mol. The molecule has 17 heavy (non-hydrogen) atoms. The zero-order chi connectivity index (χ0) is 12.5. The van der Waals surface area contributed by atoms with Crippen LogP contribution in [0, 0.1) is 5.92 Å². The van der Waals surface area contributed by atoms with Crippen molar-refractivity contribution in [3.8, 4) is 5.75 Å². The molecule has 1 rings (SSSR count). The molecule has 0 unspecified atom stereocenters. The third-order valence-corrected chi connectivity index (χ3v) is 2.71. The van der Waals surface area contributed by atoms with Crippen molar-refractivity contribution in [1.29, 1.82) is 0 Å². The van der Waals surface area contributed by atoms with E-state index < -0.39 is 0 Å². The largest absolute Gasteiger partial charge is 0.492 e. The van der Waals surface area contributed by atoms with Crippen LogP contribution in [0.1, 0.15) is 26.7 Å². The Morgan fingerprint density at radius 3 is 2.71 bits per heavy atom. The molecule has 1 aromatic rings. The van der Waals surface area contributed by atoms with Crippen molar-refractivity contribution >= 4 is 11.6 Å². The maximum atomic E-state index is 5.98. The second kappa shape index (κ2) is 8.37. The fraction of sp³-hybridized carbons (Fsp3) is 0.571. The van der Waals surface area contributed by atoms with E-state index in [2.05, 4.69) is 19.2 Å². The van der Waals surface area contributed by atoms with E-state index in [4.69, 9.17) is 16.3 Å². The lowest BCUT2D eigenvalue weighted by Gasteiger charge is -2.09. The van der Waals surface area contributed by atoms with Gasteiger partial charge in [-0.05, 0) is 44.0 Å². The minimum absolute atomic E-state index is 0.686. The van der Waals surface area contributed by atoms with Crippen molar-refractivity contribution in [1.82, 2.24) is 5.32 Å². The highest BCUT2D eigenvalue weighted by molar-refractivity contribution is 6.32. The van der Waals surface area contributed by atoms with Crippen molar-refractivity contribution in [3.63, 3.8) is 0 Å². The third kappa shape index (κ3) is 6.54. The molecule has 2 nitrogen and oxygen atoms in total. The molecule has 0 aliphatic carbocycles. The molecule has 0 amide bonds. The van der Waals surface area contributed by atoms with Crippen LogP contribution >= 0.6 is 11.6 Å². The first-order valence-electron chi connectivity index (χ1n) is 6.28. The van der Waals surface area contributed by atoms with Crippen molar-refractivity contribution in [2.24, 2.45) is 5.92 Å². The van der Waals surface area contributed by atoms with Gasteiger partial charge in [0.25, 0.3) is 0 Å². The summed E-state index contributed by atoms with van der Waals surface area (Å²) in [5.74, 6) is 1.50. The topological polar surface area (TPSA) is 21.3 Å². The van der Waals surface area contributed by atoms with Gasteiger partial charge in [0.1, 0.15) is 5.75 Å². The number of nitrogens with one attached hydrogen (secondary N) is 1. The molecule has 96 valence electrons. The summed E-state index contributed by atoms with van der Waals surface area (Å²) in [4.78, 5) is 0. The SMILES string of the molecule is CC(C)CNCCCCOc1ccccc1Cl. The zero-order valence-corrected chi connectivity index (χ0v) is 11.5. The lowest BCUT2D eigenvalue weighted by Crippen LogP contribution is -2.21. The predicted molar refractivity (Wildman–Crippen MR) is 73.9 cm³/mol. The number of benzene rings is 1. The molecular weight excluding hydrogens is 234 g/mol. The minimum atomic E-state index is 0.686. The van der Waals surface area contributed by atoms with Gasteiger partial charge in [0.15, 0.2) is 0 Å². The average Bonchev–Trinajstić information content (AvgIpc) is 2.30. The maximum Gasteiger partial charge on any atom is 0.137 e. The molecule has 0 saturated heterocycles. The summed E-state index contributed by atoms with van der Waals surface area (Å²) in [5.41, 5.74) is 0. The first kappa shape index (κ1) is 14.3. The van der Waals surface area contributed by atoms with Gasteiger partial charge in [-0.3, -0.25) is 0 Å². The summed E-state index contributed by atoms with van der Waals surface area (Å²) in [6.45, 7) is 7.31. The predicted octanol–water partition coefficient (Wildman–Crippen LogP) is 3.74. The Hall–Kier alpha value is -0.730. The third-order valence-electron chi connectivity index (χ3n) is 2.39. The van der Waals surface area contributed by atoms with E-state index >= 15 is 0 Å². The van der Waals surface area contributed by atoms with Gasteiger partial charge in [-0.15, -0.1) is 0 Å². The summed E-state index contributed by atoms with van der Waals surface area (Å²) in [6.07, 6.45) is 2.19. The molecule has 0 heterocycles. The molecule has 0 spiro atoms. The lowest BCUT2D eigenvalue weighted by molar-refractivity contribution is 0.305. The van der Waals surface area contributed by atoms with Crippen LogP contribution in [0.5, 0.6) is 5.75 Å². The molecule has 1 N–H and O–H groups in total. The molecule has 0 saturated carbocycles. The maximum absolute atomic E-state index is 5.98. The molecule has 0 aliphatic rings. The van der Waals surface area contributed by atoms with Gasteiger partial charge >= 0.3 is 0 Å². The molecule has 0 radical (unpaired) electrons. The number of halogens is 1. The zero-order valence-electron chi connectivity index (χ0n) is 10.7. The normalized spacial score (nSPS) is 10.8. The quantitative estimate of drug-likeness (QED) is 0.715. The number of rotatable bonds is 8. The van der Waals surface area contributed by atoms with Gasteiger partial charge in [-0.1, -0.05) is 37.6 Å². The summed E-state index contributed by atoms with van der Waals surface area (Å²) >= 11 is 5.98. The Kier molecular flexibility index (Phi) is 7.06. The van der Waals surface area contributed by atoms with Gasteiger partial charge in [0.05, 0.1) is 11.6 Å². The molecule has 1 aromatic carbocycles. The van der Waals surface area contributed by atoms with Crippen LogP contribution in [-0.2, 0) is 0 Å². The number of hydrogen-bond acceptors (Lipinski definition) is 2. The van der Waals surface area contributed by atoms with Crippen LogP contribution in [0.25, 0.3) is 0 Å². The van der Waals surface area contributed by atoms with E-state index in [-0.39, 0.29) is 0 Å². The Morgan fingerprint density at radius 1 is 1.24 bits per heavy atom. The fourth-order valence-corrected chi connectivity index (χ4v) is 1.68. The molecule has 0 aliphatic heterocycles. The van der Waals surface area contributed by atoms with E-state index in [0.717, 1.165) is 44.2 Å². The summed E-state index contributed by atoms with van der Waals surface area (Å²) in [7, 11) is 0. The molecule has 0 bridgehead atoms. The molecule has 3 heteroatoms. The summed E-state index contributed by atoms with van der Waals surface area (Å²) in [6, 6.07) is 7.59.